The van der Waals surface area contributed by atoms with Crippen LogP contribution >= 0.6 is 11.6 Å². The Labute approximate surface area is 182 Å². The molecule has 0 unspecified atom stereocenters. The number of nitrogens with zero attached hydrogens (tertiary/aromatic N) is 4. The highest BCUT2D eigenvalue weighted by molar-refractivity contribution is 6.34. The van der Waals surface area contributed by atoms with Crippen molar-refractivity contribution in [3.63, 3.8) is 0 Å². The van der Waals surface area contributed by atoms with E-state index in [1.807, 2.05) is 30.3 Å². The maximum Gasteiger partial charge on any atom is 0.295 e. The van der Waals surface area contributed by atoms with E-state index in [2.05, 4.69) is 15.5 Å². The van der Waals surface area contributed by atoms with Crippen LogP contribution in [0.15, 0.2) is 65.6 Å². The average Bonchev–Trinajstić information content (AvgIpc) is 3.13. The van der Waals surface area contributed by atoms with E-state index in [-0.39, 0.29) is 35.8 Å². The van der Waals surface area contributed by atoms with Gasteiger partial charge >= 0.3 is 0 Å². The monoisotopic (exact) mass is 439 g/mol. The van der Waals surface area contributed by atoms with Crippen molar-refractivity contribution in [2.75, 3.05) is 0 Å². The van der Waals surface area contributed by atoms with Crippen molar-refractivity contribution in [1.82, 2.24) is 24.9 Å². The summed E-state index contributed by atoms with van der Waals surface area (Å²) in [5.41, 5.74) is 1.42. The van der Waals surface area contributed by atoms with E-state index < -0.39 is 0 Å². The van der Waals surface area contributed by atoms with Gasteiger partial charge in [0.1, 0.15) is 11.0 Å². The van der Waals surface area contributed by atoms with Crippen LogP contribution in [0.1, 0.15) is 18.4 Å². The van der Waals surface area contributed by atoms with Crippen LogP contribution in [-0.2, 0) is 17.9 Å². The number of hydrogen-bond acceptors (Lipinski definition) is 4. The fraction of sp³-hybridized carbons (Fsp3) is 0.182. The van der Waals surface area contributed by atoms with E-state index in [0.29, 0.717) is 23.5 Å². The average molecular weight is 440 g/mol. The fourth-order valence-corrected chi connectivity index (χ4v) is 3.44. The number of carbonyl (C=O) groups excluding carboxylic acids is 1. The molecule has 0 aliphatic carbocycles. The maximum atomic E-state index is 12.9. The van der Waals surface area contributed by atoms with Gasteiger partial charge in [0.15, 0.2) is 5.52 Å². The van der Waals surface area contributed by atoms with Gasteiger partial charge in [0.2, 0.25) is 5.91 Å². The van der Waals surface area contributed by atoms with Gasteiger partial charge in [0, 0.05) is 19.5 Å². The summed E-state index contributed by atoms with van der Waals surface area (Å²) in [4.78, 5) is 24.8. The van der Waals surface area contributed by atoms with Gasteiger partial charge in [-0.1, -0.05) is 41.9 Å². The molecule has 2 heterocycles. The van der Waals surface area contributed by atoms with Crippen molar-refractivity contribution >= 4 is 28.4 Å². The molecule has 158 valence electrons. The number of hydrogen-bond donors (Lipinski definition) is 1. The number of halogens is 2. The molecule has 0 aliphatic heterocycles. The van der Waals surface area contributed by atoms with E-state index in [1.165, 1.54) is 27.7 Å². The first kappa shape index (κ1) is 20.7. The number of rotatable bonds is 7. The van der Waals surface area contributed by atoms with E-state index in [0.717, 1.165) is 11.3 Å². The number of benzene rings is 2. The smallest absolute Gasteiger partial charge is 0.295 e. The van der Waals surface area contributed by atoms with Crippen LogP contribution in [0.4, 0.5) is 4.39 Å². The normalized spacial score (nSPS) is 11.0. The van der Waals surface area contributed by atoms with Gasteiger partial charge in [-0.15, -0.1) is 0 Å². The van der Waals surface area contributed by atoms with Gasteiger partial charge in [-0.05, 0) is 36.2 Å². The van der Waals surface area contributed by atoms with Crippen LogP contribution in [0.25, 0.3) is 16.6 Å². The highest BCUT2D eigenvalue weighted by atomic mass is 35.5. The third-order valence-corrected chi connectivity index (χ3v) is 5.17. The molecular weight excluding hydrogens is 421 g/mol. The van der Waals surface area contributed by atoms with Crippen molar-refractivity contribution < 1.29 is 9.18 Å². The lowest BCUT2D eigenvalue weighted by Gasteiger charge is -2.06. The SMILES string of the molecule is O=C(CCCn1ncc2c(Cl)n(-c3ccccc3)nc2c1=O)NCc1ccc(F)cc1. The molecule has 0 atom stereocenters. The molecule has 1 amide bonds. The van der Waals surface area contributed by atoms with Gasteiger partial charge in [0.05, 0.1) is 17.3 Å². The van der Waals surface area contributed by atoms with Crippen molar-refractivity contribution in [1.29, 1.82) is 0 Å². The van der Waals surface area contributed by atoms with E-state index in [9.17, 15) is 14.0 Å². The van der Waals surface area contributed by atoms with Crippen LogP contribution in [0, 0.1) is 5.82 Å². The van der Waals surface area contributed by atoms with Crippen molar-refractivity contribution in [2.45, 2.75) is 25.9 Å². The standard InChI is InChI=1S/C22H19ClFN5O2/c23-21-18-14-26-28(22(31)20(18)27-29(21)17-5-2-1-3-6-17)12-4-7-19(30)25-13-15-8-10-16(24)11-9-15/h1-3,5-6,8-11,14H,4,7,12-13H2,(H,25,30). The summed E-state index contributed by atoms with van der Waals surface area (Å²) in [6.45, 7) is 0.591. The quantitative estimate of drug-likeness (QED) is 0.478. The Balaban J connectivity index is 1.39. The minimum Gasteiger partial charge on any atom is -0.352 e. The molecule has 0 fully saturated rings. The molecule has 0 bridgehead atoms. The third-order valence-electron chi connectivity index (χ3n) is 4.80. The number of para-hydroxylation sites is 1. The summed E-state index contributed by atoms with van der Waals surface area (Å²) in [5, 5.41) is 12.1. The summed E-state index contributed by atoms with van der Waals surface area (Å²) in [7, 11) is 0. The van der Waals surface area contributed by atoms with Gasteiger partial charge in [-0.3, -0.25) is 9.59 Å². The predicted molar refractivity (Wildman–Crippen MR) is 116 cm³/mol. The molecule has 0 saturated carbocycles. The van der Waals surface area contributed by atoms with E-state index in [1.54, 1.807) is 12.1 Å². The third kappa shape index (κ3) is 4.64. The second-order valence-electron chi connectivity index (χ2n) is 6.98. The molecule has 9 heteroatoms. The maximum absolute atomic E-state index is 12.9. The zero-order valence-electron chi connectivity index (χ0n) is 16.5. The molecule has 0 spiro atoms. The van der Waals surface area contributed by atoms with Crippen LogP contribution in [0.3, 0.4) is 0 Å². The lowest BCUT2D eigenvalue weighted by atomic mass is 10.2. The predicted octanol–water partition coefficient (Wildman–Crippen LogP) is 3.47. The van der Waals surface area contributed by atoms with Crippen LogP contribution in [-0.4, -0.2) is 25.5 Å². The summed E-state index contributed by atoms with van der Waals surface area (Å²) < 4.78 is 15.7. The first-order valence-electron chi connectivity index (χ1n) is 9.74. The Bertz CT molecular complexity index is 1270. The molecule has 1 N–H and O–H groups in total. The highest BCUT2D eigenvalue weighted by Gasteiger charge is 2.15. The first-order chi connectivity index (χ1) is 15.0. The second-order valence-corrected chi connectivity index (χ2v) is 7.34. The summed E-state index contributed by atoms with van der Waals surface area (Å²) >= 11 is 6.39. The highest BCUT2D eigenvalue weighted by Crippen LogP contribution is 2.23. The van der Waals surface area contributed by atoms with Crippen molar-refractivity contribution in [3.8, 4) is 5.69 Å². The minimum atomic E-state index is -0.360. The Morgan fingerprint density at radius 3 is 2.58 bits per heavy atom. The van der Waals surface area contributed by atoms with Crippen LogP contribution in [0.5, 0.6) is 0 Å². The number of nitrogens with one attached hydrogen (secondary N) is 1. The lowest BCUT2D eigenvalue weighted by molar-refractivity contribution is -0.121. The largest absolute Gasteiger partial charge is 0.352 e. The molecule has 2 aromatic carbocycles. The molecule has 0 radical (unpaired) electrons. The lowest BCUT2D eigenvalue weighted by Crippen LogP contribution is -2.26. The van der Waals surface area contributed by atoms with Crippen molar-refractivity contribution in [3.05, 3.63) is 87.7 Å². The van der Waals surface area contributed by atoms with Gasteiger partial charge in [-0.25, -0.2) is 13.8 Å². The Morgan fingerprint density at radius 1 is 1.10 bits per heavy atom. The molecule has 0 saturated heterocycles. The van der Waals surface area contributed by atoms with Gasteiger partial charge < -0.3 is 5.32 Å². The number of aryl methyl sites for hydroxylation is 1. The molecule has 4 rings (SSSR count). The number of carbonyl (C=O) groups is 1. The Morgan fingerprint density at radius 2 is 1.84 bits per heavy atom. The number of aromatic nitrogens is 4. The van der Waals surface area contributed by atoms with Crippen LogP contribution < -0.4 is 10.9 Å². The van der Waals surface area contributed by atoms with Gasteiger partial charge in [0.25, 0.3) is 5.56 Å². The van der Waals surface area contributed by atoms with Crippen LogP contribution in [0.2, 0.25) is 5.15 Å². The molecular formula is C22H19ClFN5O2. The molecule has 7 nitrogen and oxygen atoms in total. The summed E-state index contributed by atoms with van der Waals surface area (Å²) in [6, 6.07) is 15.2. The van der Waals surface area contributed by atoms with Crippen molar-refractivity contribution in [2.24, 2.45) is 0 Å². The number of amides is 1. The fourth-order valence-electron chi connectivity index (χ4n) is 3.16. The molecule has 4 aromatic rings. The summed E-state index contributed by atoms with van der Waals surface area (Å²) in [5.74, 6) is -0.477. The zero-order valence-corrected chi connectivity index (χ0v) is 17.2. The van der Waals surface area contributed by atoms with Gasteiger partial charge in [-0.2, -0.15) is 10.2 Å². The first-order valence-corrected chi connectivity index (χ1v) is 10.1. The van der Waals surface area contributed by atoms with E-state index >= 15 is 0 Å². The Hall–Kier alpha value is -3.52. The molecule has 2 aromatic heterocycles. The second kappa shape index (κ2) is 9.09. The molecule has 0 aliphatic rings. The van der Waals surface area contributed by atoms with E-state index in [4.69, 9.17) is 11.6 Å². The summed E-state index contributed by atoms with van der Waals surface area (Å²) in [6.07, 6.45) is 2.17. The number of fused-ring (bicyclic) bond motifs is 1. The topological polar surface area (TPSA) is 81.8 Å². The minimum absolute atomic E-state index is 0.158. The Kier molecular flexibility index (Phi) is 6.08. The zero-order chi connectivity index (χ0) is 21.8. The molecule has 31 heavy (non-hydrogen) atoms.